The van der Waals surface area contributed by atoms with Gasteiger partial charge in [0.2, 0.25) is 0 Å². The molecule has 2 rings (SSSR count). The van der Waals surface area contributed by atoms with Crippen molar-refractivity contribution in [3.63, 3.8) is 0 Å². The zero-order valence-corrected chi connectivity index (χ0v) is 15.3. The molecule has 0 spiro atoms. The van der Waals surface area contributed by atoms with Crippen LogP contribution in [0.3, 0.4) is 0 Å². The molecule has 0 aliphatic carbocycles. The van der Waals surface area contributed by atoms with Crippen molar-refractivity contribution in [2.75, 3.05) is 32.1 Å². The minimum atomic E-state index is -0.0637. The fourth-order valence-corrected chi connectivity index (χ4v) is 2.52. The molecule has 0 saturated carbocycles. The molecule has 2 N–H and O–H groups in total. The molecule has 21 heavy (non-hydrogen) atoms. The molecule has 1 amide bonds. The lowest BCUT2D eigenvalue weighted by Crippen LogP contribution is -2.45. The summed E-state index contributed by atoms with van der Waals surface area (Å²) < 4.78 is 0.810. The highest BCUT2D eigenvalue weighted by molar-refractivity contribution is 9.10. The van der Waals surface area contributed by atoms with Crippen LogP contribution in [0.25, 0.3) is 0 Å². The van der Waals surface area contributed by atoms with Crippen molar-refractivity contribution in [3.05, 3.63) is 22.3 Å². The van der Waals surface area contributed by atoms with E-state index in [0.29, 0.717) is 11.4 Å². The van der Waals surface area contributed by atoms with E-state index in [2.05, 4.69) is 31.5 Å². The standard InChI is InChI=1S/C13H19BrN4O.2ClH/c1-18(2)12-11(6-9(14)7-16-12)13(19)17-10-4-3-5-15-8-10;;/h6-7,10,15H,3-5,8H2,1-2H3,(H,17,19);2*1H/t10-;;/m0../s1. The summed E-state index contributed by atoms with van der Waals surface area (Å²) in [5, 5.41) is 6.36. The SMILES string of the molecule is CN(C)c1ncc(Br)cc1C(=O)N[C@H]1CCCNC1.Cl.Cl. The summed E-state index contributed by atoms with van der Waals surface area (Å²) in [5.74, 6) is 0.621. The number of amides is 1. The number of aromatic nitrogens is 1. The maximum absolute atomic E-state index is 12.4. The largest absolute Gasteiger partial charge is 0.362 e. The van der Waals surface area contributed by atoms with E-state index in [-0.39, 0.29) is 36.8 Å². The van der Waals surface area contributed by atoms with E-state index in [4.69, 9.17) is 0 Å². The van der Waals surface area contributed by atoms with Gasteiger partial charge >= 0.3 is 0 Å². The summed E-state index contributed by atoms with van der Waals surface area (Å²) in [6.07, 6.45) is 3.83. The van der Waals surface area contributed by atoms with Gasteiger partial charge in [-0.05, 0) is 41.4 Å². The van der Waals surface area contributed by atoms with E-state index in [1.165, 1.54) is 0 Å². The predicted octanol–water partition coefficient (Wildman–Crippen LogP) is 2.24. The molecule has 0 unspecified atom stereocenters. The molecule has 0 radical (unpaired) electrons. The van der Waals surface area contributed by atoms with Crippen LogP contribution < -0.4 is 15.5 Å². The summed E-state index contributed by atoms with van der Waals surface area (Å²) >= 11 is 3.37. The number of hydrogen-bond acceptors (Lipinski definition) is 4. The fourth-order valence-electron chi connectivity index (χ4n) is 2.19. The van der Waals surface area contributed by atoms with E-state index in [1.807, 2.05) is 25.1 Å². The molecule has 1 aliphatic heterocycles. The van der Waals surface area contributed by atoms with Crippen LogP contribution in [-0.2, 0) is 0 Å². The monoisotopic (exact) mass is 398 g/mol. The molecular weight excluding hydrogens is 379 g/mol. The minimum absolute atomic E-state index is 0. The van der Waals surface area contributed by atoms with Gasteiger partial charge in [0.15, 0.2) is 0 Å². The Labute approximate surface area is 146 Å². The van der Waals surface area contributed by atoms with Gasteiger partial charge in [-0.25, -0.2) is 4.98 Å². The molecule has 1 aromatic rings. The zero-order valence-electron chi connectivity index (χ0n) is 12.1. The molecular formula is C13H21BrCl2N4O. The average Bonchev–Trinajstić information content (AvgIpc) is 2.39. The second-order valence-electron chi connectivity index (χ2n) is 4.94. The van der Waals surface area contributed by atoms with Crippen LogP contribution >= 0.6 is 40.7 Å². The molecule has 5 nitrogen and oxygen atoms in total. The molecule has 1 saturated heterocycles. The Morgan fingerprint density at radius 3 is 2.76 bits per heavy atom. The van der Waals surface area contributed by atoms with Crippen LogP contribution in [0.5, 0.6) is 0 Å². The fraction of sp³-hybridized carbons (Fsp3) is 0.538. The maximum Gasteiger partial charge on any atom is 0.255 e. The molecule has 1 aromatic heterocycles. The minimum Gasteiger partial charge on any atom is -0.362 e. The van der Waals surface area contributed by atoms with Crippen molar-refractivity contribution in [3.8, 4) is 0 Å². The molecule has 0 aromatic carbocycles. The summed E-state index contributed by atoms with van der Waals surface area (Å²) in [7, 11) is 3.77. The van der Waals surface area contributed by atoms with Crippen LogP contribution in [-0.4, -0.2) is 44.1 Å². The molecule has 2 heterocycles. The summed E-state index contributed by atoms with van der Waals surface area (Å²) in [4.78, 5) is 18.5. The van der Waals surface area contributed by atoms with E-state index >= 15 is 0 Å². The van der Waals surface area contributed by atoms with Crippen LogP contribution in [0.4, 0.5) is 5.82 Å². The second kappa shape index (κ2) is 9.46. The number of carbonyl (C=O) groups excluding carboxylic acids is 1. The molecule has 1 fully saturated rings. The third-order valence-electron chi connectivity index (χ3n) is 3.13. The molecule has 1 aliphatic rings. The Morgan fingerprint density at radius 1 is 1.48 bits per heavy atom. The van der Waals surface area contributed by atoms with E-state index in [0.717, 1.165) is 30.4 Å². The van der Waals surface area contributed by atoms with Gasteiger partial charge < -0.3 is 15.5 Å². The lowest BCUT2D eigenvalue weighted by molar-refractivity contribution is 0.0931. The van der Waals surface area contributed by atoms with Crippen LogP contribution in [0.2, 0.25) is 0 Å². The maximum atomic E-state index is 12.4. The van der Waals surface area contributed by atoms with E-state index in [9.17, 15) is 4.79 Å². The van der Waals surface area contributed by atoms with Crippen LogP contribution in [0.1, 0.15) is 23.2 Å². The Bertz CT molecular complexity index is 467. The highest BCUT2D eigenvalue weighted by atomic mass is 79.9. The van der Waals surface area contributed by atoms with Gasteiger partial charge in [0.05, 0.1) is 5.56 Å². The third-order valence-corrected chi connectivity index (χ3v) is 3.57. The summed E-state index contributed by atoms with van der Waals surface area (Å²) in [5.41, 5.74) is 0.602. The van der Waals surface area contributed by atoms with Crippen molar-refractivity contribution >= 4 is 52.5 Å². The number of nitrogens with one attached hydrogen (secondary N) is 2. The number of nitrogens with zero attached hydrogens (tertiary/aromatic N) is 2. The highest BCUT2D eigenvalue weighted by Gasteiger charge is 2.20. The van der Waals surface area contributed by atoms with Crippen molar-refractivity contribution in [1.29, 1.82) is 0 Å². The number of pyridine rings is 1. The van der Waals surface area contributed by atoms with Gasteiger partial charge in [-0.15, -0.1) is 24.8 Å². The Hall–Kier alpha value is -0.560. The number of piperidine rings is 1. The lowest BCUT2D eigenvalue weighted by Gasteiger charge is -2.24. The topological polar surface area (TPSA) is 57.3 Å². The number of halogens is 3. The first-order valence-corrected chi connectivity index (χ1v) is 7.21. The second-order valence-corrected chi connectivity index (χ2v) is 5.85. The van der Waals surface area contributed by atoms with Gasteiger partial charge in [0.25, 0.3) is 5.91 Å². The summed E-state index contributed by atoms with van der Waals surface area (Å²) in [6.45, 7) is 1.87. The Morgan fingerprint density at radius 2 is 2.19 bits per heavy atom. The quantitative estimate of drug-likeness (QED) is 0.818. The predicted molar refractivity (Wildman–Crippen MR) is 94.1 cm³/mol. The molecule has 120 valence electrons. The number of carbonyl (C=O) groups is 1. The number of anilines is 1. The first-order valence-electron chi connectivity index (χ1n) is 6.42. The smallest absolute Gasteiger partial charge is 0.255 e. The summed E-state index contributed by atoms with van der Waals surface area (Å²) in [6, 6.07) is 2.02. The van der Waals surface area contributed by atoms with Crippen LogP contribution in [0.15, 0.2) is 16.7 Å². The van der Waals surface area contributed by atoms with E-state index < -0.39 is 0 Å². The number of hydrogen-bond donors (Lipinski definition) is 2. The normalized spacial score (nSPS) is 17.2. The van der Waals surface area contributed by atoms with Gasteiger partial charge in [-0.1, -0.05) is 0 Å². The average molecular weight is 400 g/mol. The van der Waals surface area contributed by atoms with Gasteiger partial charge in [-0.2, -0.15) is 0 Å². The van der Waals surface area contributed by atoms with Crippen molar-refractivity contribution < 1.29 is 4.79 Å². The molecule has 1 atom stereocenters. The Balaban J connectivity index is 0.00000200. The third kappa shape index (κ3) is 5.62. The first kappa shape index (κ1) is 20.4. The van der Waals surface area contributed by atoms with Crippen LogP contribution in [0, 0.1) is 0 Å². The van der Waals surface area contributed by atoms with E-state index in [1.54, 1.807) is 6.20 Å². The van der Waals surface area contributed by atoms with Crippen molar-refractivity contribution in [1.82, 2.24) is 15.6 Å². The molecule has 0 bridgehead atoms. The molecule has 8 heteroatoms. The Kier molecular flexibility index (Phi) is 9.20. The first-order chi connectivity index (χ1) is 9.08. The number of rotatable bonds is 3. The van der Waals surface area contributed by atoms with Gasteiger partial charge in [-0.3, -0.25) is 4.79 Å². The van der Waals surface area contributed by atoms with Gasteiger partial charge in [0, 0.05) is 37.4 Å². The van der Waals surface area contributed by atoms with Crippen molar-refractivity contribution in [2.24, 2.45) is 0 Å². The van der Waals surface area contributed by atoms with Gasteiger partial charge in [0.1, 0.15) is 5.82 Å². The van der Waals surface area contributed by atoms with Crippen molar-refractivity contribution in [2.45, 2.75) is 18.9 Å². The lowest BCUT2D eigenvalue weighted by atomic mass is 10.1. The zero-order chi connectivity index (χ0) is 13.8. The highest BCUT2D eigenvalue weighted by Crippen LogP contribution is 2.20.